The SMILES string of the molecule is FOCCOCC(COCC(OCC(COCCOF)OCCOF)C(COCC(COOF)OOF)OCC(COOF)OOF)OCCOF. The fourth-order valence-electron chi connectivity index (χ4n) is 3.52. The van der Waals surface area contributed by atoms with Crippen LogP contribution in [-0.2, 0) is 97.6 Å². The van der Waals surface area contributed by atoms with Crippen LogP contribution in [0.5, 0.6) is 0 Å². The summed E-state index contributed by atoms with van der Waals surface area (Å²) in [6, 6.07) is 0. The average molecular weight is 803 g/mol. The summed E-state index contributed by atoms with van der Waals surface area (Å²) in [6.45, 7) is -7.61. The molecule has 28 heteroatoms. The Balaban J connectivity index is 6.10. The molecule has 0 heterocycles. The number of halogens is 8. The highest BCUT2D eigenvalue weighted by Gasteiger charge is 2.29. The molecule has 0 bridgehead atoms. The smallest absolute Gasteiger partial charge is 0.146 e. The highest BCUT2D eigenvalue weighted by Crippen LogP contribution is 2.13. The van der Waals surface area contributed by atoms with Crippen molar-refractivity contribution < 1.29 is 134 Å². The zero-order valence-corrected chi connectivity index (χ0v) is 27.4. The summed E-state index contributed by atoms with van der Waals surface area (Å²) in [5.74, 6) is 0. The van der Waals surface area contributed by atoms with E-state index in [2.05, 4.69) is 59.7 Å². The van der Waals surface area contributed by atoms with Crippen LogP contribution in [0.3, 0.4) is 0 Å². The predicted molar refractivity (Wildman–Crippen MR) is 141 cm³/mol. The summed E-state index contributed by atoms with van der Waals surface area (Å²) >= 11 is 0. The van der Waals surface area contributed by atoms with Crippen molar-refractivity contribution in [1.82, 2.24) is 0 Å². The first kappa shape index (κ1) is 50.6. The highest BCUT2D eigenvalue weighted by molar-refractivity contribution is 4.74. The molecule has 0 rings (SSSR count). The first-order chi connectivity index (χ1) is 25.5. The second-order valence-corrected chi connectivity index (χ2v) is 9.46. The average Bonchev–Trinajstić information content (AvgIpc) is 3.15. The molecule has 0 aromatic rings. The van der Waals surface area contributed by atoms with Gasteiger partial charge in [0.15, 0.2) is 0 Å². The molecule has 52 heavy (non-hydrogen) atoms. The van der Waals surface area contributed by atoms with Crippen molar-refractivity contribution >= 4 is 0 Å². The van der Waals surface area contributed by atoms with Crippen LogP contribution >= 0.6 is 0 Å². The molecule has 0 N–H and O–H groups in total. The van der Waals surface area contributed by atoms with Crippen LogP contribution in [-0.4, -0.2) is 156 Å². The van der Waals surface area contributed by atoms with Crippen molar-refractivity contribution in [3.05, 3.63) is 0 Å². The number of rotatable bonds is 43. The molecule has 0 aromatic heterocycles. The molecule has 0 aliphatic heterocycles. The highest BCUT2D eigenvalue weighted by atomic mass is 19.3. The molecule has 0 aliphatic rings. The number of hydrogen-bond donors (Lipinski definition) is 0. The van der Waals surface area contributed by atoms with Crippen LogP contribution in [0.4, 0.5) is 36.2 Å². The van der Waals surface area contributed by atoms with E-state index in [4.69, 9.17) is 37.9 Å². The zero-order valence-electron chi connectivity index (χ0n) is 27.4. The molecule has 314 valence electrons. The van der Waals surface area contributed by atoms with Crippen LogP contribution in [0, 0.1) is 0 Å². The van der Waals surface area contributed by atoms with Gasteiger partial charge in [0.2, 0.25) is 0 Å². The Morgan fingerprint density at radius 2 is 0.654 bits per heavy atom. The fraction of sp³-hybridized carbons (Fsp3) is 1.00. The fourth-order valence-corrected chi connectivity index (χ4v) is 3.52. The largest absolute Gasteiger partial charge is 0.376 e. The van der Waals surface area contributed by atoms with Crippen LogP contribution in [0.2, 0.25) is 0 Å². The van der Waals surface area contributed by atoms with Crippen molar-refractivity contribution in [2.24, 2.45) is 0 Å². The lowest BCUT2D eigenvalue weighted by molar-refractivity contribution is -0.483. The molecule has 0 radical (unpaired) electrons. The first-order valence-corrected chi connectivity index (χ1v) is 14.9. The van der Waals surface area contributed by atoms with E-state index in [1.807, 2.05) is 0 Å². The molecule has 0 saturated heterocycles. The third kappa shape index (κ3) is 30.0. The maximum Gasteiger partial charge on any atom is 0.146 e. The van der Waals surface area contributed by atoms with Crippen molar-refractivity contribution in [1.29, 1.82) is 0 Å². The van der Waals surface area contributed by atoms with Gasteiger partial charge in [-0.2, -0.15) is 39.3 Å². The minimum absolute atomic E-state index is 0.188. The van der Waals surface area contributed by atoms with Gasteiger partial charge in [0, 0.05) is 0 Å². The van der Waals surface area contributed by atoms with Gasteiger partial charge in [0.05, 0.1) is 79.3 Å². The predicted octanol–water partition coefficient (Wildman–Crippen LogP) is 2.27. The van der Waals surface area contributed by atoms with E-state index in [-0.39, 0.29) is 52.9 Å². The third-order valence-electron chi connectivity index (χ3n) is 5.77. The lowest BCUT2D eigenvalue weighted by Crippen LogP contribution is -2.44. The second-order valence-electron chi connectivity index (χ2n) is 9.46. The summed E-state index contributed by atoms with van der Waals surface area (Å²) in [5, 5.41) is 12.1. The first-order valence-electron chi connectivity index (χ1n) is 14.9. The molecule has 0 fully saturated rings. The molecular weight excluding hydrogens is 760 g/mol. The molecule has 0 spiro atoms. The van der Waals surface area contributed by atoms with E-state index >= 15 is 0 Å². The molecular formula is C24H42F8O20. The monoisotopic (exact) mass is 802 g/mol. The summed E-state index contributed by atoms with van der Waals surface area (Å²) in [7, 11) is 0. The lowest BCUT2D eigenvalue weighted by Gasteiger charge is -2.30. The summed E-state index contributed by atoms with van der Waals surface area (Å²) < 4.78 is 142. The van der Waals surface area contributed by atoms with E-state index in [1.54, 1.807) is 0 Å². The zero-order chi connectivity index (χ0) is 38.3. The topological polar surface area (TPSA) is 185 Å². The normalized spacial score (nSPS) is 15.5. The van der Waals surface area contributed by atoms with Crippen LogP contribution in [0.25, 0.3) is 0 Å². The minimum Gasteiger partial charge on any atom is -0.376 e. The molecule has 6 unspecified atom stereocenters. The summed E-state index contributed by atoms with van der Waals surface area (Å²) in [4.78, 5) is 30.4. The molecule has 0 amide bonds. The molecule has 20 nitrogen and oxygen atoms in total. The van der Waals surface area contributed by atoms with Gasteiger partial charge < -0.3 is 37.9 Å². The van der Waals surface area contributed by atoms with Gasteiger partial charge in [-0.05, 0) is 56.6 Å². The number of ether oxygens (including phenoxy) is 8. The van der Waals surface area contributed by atoms with Crippen LogP contribution in [0.1, 0.15) is 0 Å². The van der Waals surface area contributed by atoms with Gasteiger partial charge >= 0.3 is 0 Å². The maximum atomic E-state index is 12.5. The number of hydrogen-bond acceptors (Lipinski definition) is 20. The van der Waals surface area contributed by atoms with Crippen molar-refractivity contribution in [2.45, 2.75) is 36.6 Å². The van der Waals surface area contributed by atoms with Crippen molar-refractivity contribution in [3.8, 4) is 0 Å². The van der Waals surface area contributed by atoms with Gasteiger partial charge in [0.25, 0.3) is 0 Å². The van der Waals surface area contributed by atoms with E-state index in [1.165, 1.54) is 0 Å². The Hall–Kier alpha value is -1.36. The molecule has 6 atom stereocenters. The van der Waals surface area contributed by atoms with Crippen LogP contribution < -0.4 is 0 Å². The Morgan fingerprint density at radius 1 is 0.288 bits per heavy atom. The third-order valence-corrected chi connectivity index (χ3v) is 5.77. The summed E-state index contributed by atoms with van der Waals surface area (Å²) in [5.41, 5.74) is 0. The van der Waals surface area contributed by atoms with E-state index in [9.17, 15) is 36.2 Å². The second kappa shape index (κ2) is 39.3. The van der Waals surface area contributed by atoms with E-state index in [0.717, 1.165) is 0 Å². The van der Waals surface area contributed by atoms with Gasteiger partial charge in [-0.1, -0.05) is 0 Å². The van der Waals surface area contributed by atoms with E-state index < -0.39 is 103 Å². The Labute approximate surface area is 290 Å². The van der Waals surface area contributed by atoms with Gasteiger partial charge in [0.1, 0.15) is 76.3 Å². The van der Waals surface area contributed by atoms with E-state index in [0.29, 0.717) is 0 Å². The quantitative estimate of drug-likeness (QED) is 0.0378. The van der Waals surface area contributed by atoms with Gasteiger partial charge in [-0.15, -0.1) is 0 Å². The lowest BCUT2D eigenvalue weighted by atomic mass is 10.2. The van der Waals surface area contributed by atoms with Gasteiger partial charge in [-0.3, -0.25) is 0 Å². The van der Waals surface area contributed by atoms with Crippen LogP contribution in [0.15, 0.2) is 0 Å². The molecule has 0 saturated carbocycles. The van der Waals surface area contributed by atoms with Crippen molar-refractivity contribution in [2.75, 3.05) is 119 Å². The maximum absolute atomic E-state index is 12.5. The standard InChI is InChI=1S/C24H42F8O20/c25-41-5-1-33-9-19(37-3-7-43-27)11-35-17-23(39-13-20(38-4-8-44-28)10-34-2-6-42-26)24(40-14-22(48-52-32)16-46-50-30)18-36-12-21(47-51-31)15-45-49-29/h19-24H,1-18H2. The molecule has 0 aromatic carbocycles. The van der Waals surface area contributed by atoms with Gasteiger partial charge in [-0.25, -0.2) is 0 Å². The van der Waals surface area contributed by atoms with Crippen molar-refractivity contribution in [3.63, 3.8) is 0 Å². The molecule has 0 aliphatic carbocycles. The Bertz CT molecular complexity index is 726. The Kier molecular flexibility index (Phi) is 38.3. The minimum atomic E-state index is -1.50. The summed E-state index contributed by atoms with van der Waals surface area (Å²) in [6.07, 6.45) is -7.40. The Morgan fingerprint density at radius 3 is 1.08 bits per heavy atom.